The van der Waals surface area contributed by atoms with E-state index in [9.17, 15) is 13.9 Å². The standard InChI is InChI=1S/C15H15F2NO3/c1-20-13-7-6-11(8-14(13)21-15(16)17)18-9-10-4-2-3-5-12(10)19/h2-8,15,18-19H,9H2,1H3. The molecule has 0 aliphatic heterocycles. The van der Waals surface area contributed by atoms with Crippen LogP contribution in [0.15, 0.2) is 42.5 Å². The average molecular weight is 295 g/mol. The summed E-state index contributed by atoms with van der Waals surface area (Å²) in [4.78, 5) is 0. The molecule has 2 aromatic rings. The first kappa shape index (κ1) is 14.9. The van der Waals surface area contributed by atoms with Crippen LogP contribution in [-0.2, 0) is 6.54 Å². The summed E-state index contributed by atoms with van der Waals surface area (Å²) < 4.78 is 34.0. The zero-order valence-electron chi connectivity index (χ0n) is 11.3. The molecule has 0 aliphatic carbocycles. The second-order valence-corrected chi connectivity index (χ2v) is 4.23. The van der Waals surface area contributed by atoms with Crippen molar-refractivity contribution in [3.8, 4) is 17.2 Å². The molecule has 0 atom stereocenters. The van der Waals surface area contributed by atoms with Gasteiger partial charge in [-0.2, -0.15) is 8.78 Å². The largest absolute Gasteiger partial charge is 0.508 e. The Labute approximate surface area is 120 Å². The van der Waals surface area contributed by atoms with Crippen LogP contribution in [0.3, 0.4) is 0 Å². The van der Waals surface area contributed by atoms with Crippen molar-refractivity contribution in [1.82, 2.24) is 0 Å². The number of phenolic OH excluding ortho intramolecular Hbond substituents is 1. The van der Waals surface area contributed by atoms with E-state index in [2.05, 4.69) is 10.1 Å². The Balaban J connectivity index is 2.12. The highest BCUT2D eigenvalue weighted by atomic mass is 19.3. The lowest BCUT2D eigenvalue weighted by atomic mass is 10.2. The van der Waals surface area contributed by atoms with Gasteiger partial charge in [0.1, 0.15) is 5.75 Å². The fourth-order valence-corrected chi connectivity index (χ4v) is 1.83. The van der Waals surface area contributed by atoms with Crippen molar-refractivity contribution in [3.63, 3.8) is 0 Å². The van der Waals surface area contributed by atoms with Crippen molar-refractivity contribution in [1.29, 1.82) is 0 Å². The third-order valence-electron chi connectivity index (χ3n) is 2.85. The van der Waals surface area contributed by atoms with Gasteiger partial charge >= 0.3 is 6.61 Å². The van der Waals surface area contributed by atoms with Gasteiger partial charge in [0.25, 0.3) is 0 Å². The number of ether oxygens (including phenoxy) is 2. The lowest BCUT2D eigenvalue weighted by Gasteiger charge is -2.13. The number of hydrogen-bond acceptors (Lipinski definition) is 4. The van der Waals surface area contributed by atoms with Crippen molar-refractivity contribution in [2.45, 2.75) is 13.2 Å². The van der Waals surface area contributed by atoms with Gasteiger partial charge in [0.05, 0.1) is 7.11 Å². The maximum absolute atomic E-state index is 12.3. The van der Waals surface area contributed by atoms with E-state index in [1.54, 1.807) is 30.3 Å². The molecule has 112 valence electrons. The third-order valence-corrected chi connectivity index (χ3v) is 2.85. The maximum Gasteiger partial charge on any atom is 0.387 e. The van der Waals surface area contributed by atoms with E-state index in [0.29, 0.717) is 17.8 Å². The van der Waals surface area contributed by atoms with Gasteiger partial charge in [-0.15, -0.1) is 0 Å². The molecule has 0 spiro atoms. The number of phenols is 1. The smallest absolute Gasteiger partial charge is 0.387 e. The van der Waals surface area contributed by atoms with Crippen LogP contribution in [0.25, 0.3) is 0 Å². The summed E-state index contributed by atoms with van der Waals surface area (Å²) in [7, 11) is 1.38. The molecule has 0 bridgehead atoms. The van der Waals surface area contributed by atoms with Crippen LogP contribution in [0.5, 0.6) is 17.2 Å². The number of alkyl halides is 2. The molecule has 2 N–H and O–H groups in total. The minimum atomic E-state index is -2.92. The van der Waals surface area contributed by atoms with Gasteiger partial charge in [-0.25, -0.2) is 0 Å². The van der Waals surface area contributed by atoms with E-state index < -0.39 is 6.61 Å². The zero-order chi connectivity index (χ0) is 15.2. The number of benzene rings is 2. The minimum Gasteiger partial charge on any atom is -0.508 e. The molecule has 0 unspecified atom stereocenters. The maximum atomic E-state index is 12.3. The molecule has 2 rings (SSSR count). The van der Waals surface area contributed by atoms with Crippen LogP contribution in [0, 0.1) is 0 Å². The molecule has 0 radical (unpaired) electrons. The van der Waals surface area contributed by atoms with Crippen molar-refractivity contribution in [2.24, 2.45) is 0 Å². The van der Waals surface area contributed by atoms with Crippen LogP contribution in [0.2, 0.25) is 0 Å². The van der Waals surface area contributed by atoms with Crippen molar-refractivity contribution < 1.29 is 23.4 Å². The summed E-state index contributed by atoms with van der Waals surface area (Å²) in [5, 5.41) is 12.7. The molecule has 0 aromatic heterocycles. The quantitative estimate of drug-likeness (QED) is 0.854. The summed E-state index contributed by atoms with van der Waals surface area (Å²) >= 11 is 0. The van der Waals surface area contributed by atoms with E-state index in [0.717, 1.165) is 0 Å². The van der Waals surface area contributed by atoms with Gasteiger partial charge in [0, 0.05) is 23.9 Å². The predicted molar refractivity (Wildman–Crippen MR) is 75.1 cm³/mol. The van der Waals surface area contributed by atoms with Crippen molar-refractivity contribution >= 4 is 5.69 Å². The van der Waals surface area contributed by atoms with Crippen LogP contribution in [-0.4, -0.2) is 18.8 Å². The summed E-state index contributed by atoms with van der Waals surface area (Å²) in [5.41, 5.74) is 1.28. The molecular weight excluding hydrogens is 280 g/mol. The second kappa shape index (κ2) is 6.78. The van der Waals surface area contributed by atoms with Gasteiger partial charge in [0.15, 0.2) is 11.5 Å². The molecule has 2 aromatic carbocycles. The number of anilines is 1. The lowest BCUT2D eigenvalue weighted by Crippen LogP contribution is -2.05. The van der Waals surface area contributed by atoms with E-state index in [4.69, 9.17) is 4.74 Å². The van der Waals surface area contributed by atoms with Crippen molar-refractivity contribution in [2.75, 3.05) is 12.4 Å². The number of rotatable bonds is 6. The average Bonchev–Trinajstić information content (AvgIpc) is 2.46. The number of nitrogens with one attached hydrogen (secondary N) is 1. The Morgan fingerprint density at radius 2 is 1.90 bits per heavy atom. The molecule has 4 nitrogen and oxygen atoms in total. The first-order chi connectivity index (χ1) is 10.1. The Kier molecular flexibility index (Phi) is 4.81. The van der Waals surface area contributed by atoms with Gasteiger partial charge in [-0.05, 0) is 18.2 Å². The van der Waals surface area contributed by atoms with Crippen LogP contribution < -0.4 is 14.8 Å². The molecule has 0 saturated heterocycles. The minimum absolute atomic E-state index is 0.0465. The Morgan fingerprint density at radius 1 is 1.14 bits per heavy atom. The number of halogens is 2. The van der Waals surface area contributed by atoms with Gasteiger partial charge < -0.3 is 19.9 Å². The molecule has 0 fully saturated rings. The summed E-state index contributed by atoms with van der Waals surface area (Å²) in [6.45, 7) is -2.57. The number of methoxy groups -OCH3 is 1. The molecule has 0 saturated carbocycles. The van der Waals surface area contributed by atoms with Crippen LogP contribution in [0.4, 0.5) is 14.5 Å². The SMILES string of the molecule is COc1ccc(NCc2ccccc2O)cc1OC(F)F. The molecule has 0 heterocycles. The third kappa shape index (κ3) is 3.98. The molecule has 0 aliphatic rings. The highest BCUT2D eigenvalue weighted by Crippen LogP contribution is 2.31. The van der Waals surface area contributed by atoms with Crippen molar-refractivity contribution in [3.05, 3.63) is 48.0 Å². The summed E-state index contributed by atoms with van der Waals surface area (Å²) in [5.74, 6) is 0.348. The van der Waals surface area contributed by atoms with E-state index in [-0.39, 0.29) is 17.2 Å². The second-order valence-electron chi connectivity index (χ2n) is 4.23. The topological polar surface area (TPSA) is 50.7 Å². The summed E-state index contributed by atoms with van der Waals surface area (Å²) in [6.07, 6.45) is 0. The predicted octanol–water partition coefficient (Wildman–Crippen LogP) is 3.61. The summed E-state index contributed by atoms with van der Waals surface area (Å²) in [6, 6.07) is 11.5. The molecule has 21 heavy (non-hydrogen) atoms. The fourth-order valence-electron chi connectivity index (χ4n) is 1.83. The zero-order valence-corrected chi connectivity index (χ0v) is 11.3. The van der Waals surface area contributed by atoms with E-state index >= 15 is 0 Å². The fraction of sp³-hybridized carbons (Fsp3) is 0.200. The van der Waals surface area contributed by atoms with E-state index in [1.807, 2.05) is 0 Å². The first-order valence-electron chi connectivity index (χ1n) is 6.23. The number of para-hydroxylation sites is 1. The monoisotopic (exact) mass is 295 g/mol. The van der Waals surface area contributed by atoms with Crippen LogP contribution >= 0.6 is 0 Å². The van der Waals surface area contributed by atoms with Gasteiger partial charge in [-0.1, -0.05) is 18.2 Å². The molecule has 6 heteroatoms. The Morgan fingerprint density at radius 3 is 2.57 bits per heavy atom. The van der Waals surface area contributed by atoms with Crippen LogP contribution in [0.1, 0.15) is 5.56 Å². The first-order valence-corrected chi connectivity index (χ1v) is 6.23. The molecular formula is C15H15F2NO3. The van der Waals surface area contributed by atoms with Gasteiger partial charge in [0.2, 0.25) is 0 Å². The number of aromatic hydroxyl groups is 1. The Bertz CT molecular complexity index is 605. The number of hydrogen-bond donors (Lipinski definition) is 2. The Hall–Kier alpha value is -2.50. The molecule has 0 amide bonds. The highest BCUT2D eigenvalue weighted by Gasteiger charge is 2.11. The highest BCUT2D eigenvalue weighted by molar-refractivity contribution is 5.55. The normalized spacial score (nSPS) is 10.5. The van der Waals surface area contributed by atoms with E-state index in [1.165, 1.54) is 19.2 Å². The van der Waals surface area contributed by atoms with Gasteiger partial charge in [-0.3, -0.25) is 0 Å². The lowest BCUT2D eigenvalue weighted by molar-refractivity contribution is -0.0511.